The summed E-state index contributed by atoms with van der Waals surface area (Å²) in [6.45, 7) is 52.3. The third kappa shape index (κ3) is 15.2. The highest BCUT2D eigenvalue weighted by molar-refractivity contribution is 7.51. The highest BCUT2D eigenvalue weighted by atomic mass is 31.1. The lowest BCUT2D eigenvalue weighted by atomic mass is 9.75. The topological polar surface area (TPSA) is 43.2 Å². The van der Waals surface area contributed by atoms with Crippen LogP contribution in [0.1, 0.15) is 219 Å². The molecule has 2 heterocycles. The Morgan fingerprint density at radius 2 is 0.662 bits per heavy atom. The number of benzene rings is 6. The minimum Gasteiger partial charge on any atom is -0.475 e. The van der Waals surface area contributed by atoms with E-state index < -0.39 is 0 Å². The zero-order valence-corrected chi connectivity index (χ0v) is 54.8. The molecule has 0 aromatic heterocycles. The van der Waals surface area contributed by atoms with Gasteiger partial charge < -0.3 is 9.47 Å². The van der Waals surface area contributed by atoms with E-state index in [-0.39, 0.29) is 44.6 Å². The van der Waals surface area contributed by atoms with Gasteiger partial charge in [0.2, 0.25) is 11.8 Å². The monoisotopic (exact) mass is 1110 g/mol. The summed E-state index contributed by atoms with van der Waals surface area (Å²) in [7, 11) is 2.42. The summed E-state index contributed by atoms with van der Waals surface area (Å²) < 4.78 is 12.2. The Bertz CT molecular complexity index is 2970. The quantitative estimate of drug-likeness (QED) is 0.128. The minimum atomic E-state index is 0.00547. The number of rotatable bonds is 10. The zero-order chi connectivity index (χ0) is 58.9. The van der Waals surface area contributed by atoms with Crippen LogP contribution < -0.4 is 10.6 Å². The minimum absolute atomic E-state index is 0.00547. The third-order valence-corrected chi connectivity index (χ3v) is 18.3. The molecule has 424 valence electrons. The van der Waals surface area contributed by atoms with Crippen molar-refractivity contribution in [1.82, 2.24) is 0 Å². The molecule has 4 nitrogen and oxygen atoms in total. The number of nitrogens with zero attached hydrogens (tertiary/aromatic N) is 2. The van der Waals surface area contributed by atoms with Crippen LogP contribution in [0.25, 0.3) is 0 Å². The second-order valence-electron chi connectivity index (χ2n) is 29.3. The van der Waals surface area contributed by atoms with Crippen molar-refractivity contribution < 1.29 is 9.47 Å². The van der Waals surface area contributed by atoms with Crippen LogP contribution in [0, 0.1) is 11.8 Å². The molecular weight excluding hydrogens is 1010 g/mol. The standard InChI is InChI=1S/2C37H48NOP/c2*1-24(2)31-23-39-34(38-31)27-19-15-18-26(20-27)32(25-16-13-12-14-17-25)40-33-29(36(6,7)8)21-28(35(3,4)5)22-30(33)37(9,10)11/h2*12-22,24,31H,23H2,1-11H3/t2*31-/m11/s1. The highest BCUT2D eigenvalue weighted by Gasteiger charge is 2.32. The fraction of sp³-hybridized carbons (Fsp3) is 0.459. The molecule has 6 aromatic carbocycles. The van der Waals surface area contributed by atoms with Crippen LogP contribution in [-0.2, 0) is 42.0 Å². The molecule has 6 heteroatoms. The summed E-state index contributed by atoms with van der Waals surface area (Å²) in [5, 5.41) is 5.46. The summed E-state index contributed by atoms with van der Waals surface area (Å²) in [6, 6.07) is 49.7. The molecule has 2 aliphatic rings. The molecule has 0 N–H and O–H groups in total. The molecular formula is C74H96N2O2P2. The number of hydrogen-bond donors (Lipinski definition) is 0. The molecule has 0 saturated carbocycles. The van der Waals surface area contributed by atoms with E-state index in [1.54, 1.807) is 0 Å². The molecule has 0 spiro atoms. The molecule has 0 aliphatic carbocycles. The van der Waals surface area contributed by atoms with Gasteiger partial charge in [-0.3, -0.25) is 0 Å². The summed E-state index contributed by atoms with van der Waals surface area (Å²) in [6.07, 6.45) is 0. The van der Waals surface area contributed by atoms with Gasteiger partial charge in [0.25, 0.3) is 0 Å². The second kappa shape index (κ2) is 24.2. The fourth-order valence-corrected chi connectivity index (χ4v) is 13.7. The van der Waals surface area contributed by atoms with Gasteiger partial charge in [-0.05, 0) is 124 Å². The van der Waals surface area contributed by atoms with Gasteiger partial charge in [-0.25, -0.2) is 9.98 Å². The first-order valence-electron chi connectivity index (χ1n) is 29.4. The lowest BCUT2D eigenvalue weighted by Gasteiger charge is -2.33. The predicted molar refractivity (Wildman–Crippen MR) is 353 cm³/mol. The third-order valence-electron chi connectivity index (χ3n) is 15.4. The largest absolute Gasteiger partial charge is 0.475 e. The average molecular weight is 1110 g/mol. The zero-order valence-electron chi connectivity index (χ0n) is 53.0. The summed E-state index contributed by atoms with van der Waals surface area (Å²) in [4.78, 5) is 9.85. The molecule has 0 radical (unpaired) electrons. The van der Waals surface area contributed by atoms with E-state index in [4.69, 9.17) is 19.5 Å². The van der Waals surface area contributed by atoms with E-state index in [0.717, 1.165) is 22.9 Å². The van der Waals surface area contributed by atoms with Crippen molar-refractivity contribution >= 4 is 49.4 Å². The van der Waals surface area contributed by atoms with Crippen LogP contribution in [0.5, 0.6) is 0 Å². The molecule has 0 fully saturated rings. The van der Waals surface area contributed by atoms with Crippen molar-refractivity contribution in [3.8, 4) is 0 Å². The predicted octanol–water partition coefficient (Wildman–Crippen LogP) is 18.4. The molecule has 0 amide bonds. The second-order valence-corrected chi connectivity index (χ2v) is 31.5. The Morgan fingerprint density at radius 1 is 0.375 bits per heavy atom. The van der Waals surface area contributed by atoms with Gasteiger partial charge in [0.15, 0.2) is 0 Å². The van der Waals surface area contributed by atoms with Crippen molar-refractivity contribution in [2.24, 2.45) is 21.8 Å². The van der Waals surface area contributed by atoms with E-state index in [9.17, 15) is 0 Å². The highest BCUT2D eigenvalue weighted by Crippen LogP contribution is 2.39. The molecule has 6 aromatic rings. The number of ether oxygens (including phenoxy) is 2. The van der Waals surface area contributed by atoms with Crippen molar-refractivity contribution in [1.29, 1.82) is 0 Å². The molecule has 0 unspecified atom stereocenters. The lowest BCUT2D eigenvalue weighted by molar-refractivity contribution is 0.291. The Labute approximate surface area is 488 Å². The van der Waals surface area contributed by atoms with Gasteiger partial charge in [-0.1, -0.05) is 278 Å². The van der Waals surface area contributed by atoms with Crippen LogP contribution in [0.3, 0.4) is 0 Å². The molecule has 0 saturated heterocycles. The van der Waals surface area contributed by atoms with E-state index in [1.807, 2.05) is 0 Å². The fourth-order valence-electron chi connectivity index (χ4n) is 10.0. The molecule has 2 atom stereocenters. The van der Waals surface area contributed by atoms with E-state index in [1.165, 1.54) is 93.2 Å². The van der Waals surface area contributed by atoms with Crippen molar-refractivity contribution in [3.63, 3.8) is 0 Å². The Hall–Kier alpha value is -5.40. The summed E-state index contributed by atoms with van der Waals surface area (Å²) >= 11 is 0. The maximum Gasteiger partial charge on any atom is 0.216 e. The van der Waals surface area contributed by atoms with Gasteiger partial charge >= 0.3 is 0 Å². The van der Waals surface area contributed by atoms with Gasteiger partial charge in [-0.2, -0.15) is 0 Å². The summed E-state index contributed by atoms with van der Waals surface area (Å²) in [5.41, 5.74) is 15.7. The first-order valence-corrected chi connectivity index (χ1v) is 31.2. The average Bonchev–Trinajstić information content (AvgIpc) is 4.09. The Morgan fingerprint density at radius 3 is 0.912 bits per heavy atom. The van der Waals surface area contributed by atoms with Crippen molar-refractivity contribution in [2.75, 3.05) is 13.2 Å². The molecule has 80 heavy (non-hydrogen) atoms. The molecule has 2 aliphatic heterocycles. The SMILES string of the molecule is CC(C)[C@H]1COC(c2cccc(C(=Pc3c(C(C)(C)C)cc(C(C)(C)C)cc3C(C)(C)C)c3ccccc3)c2)=N1.CC(C)[C@H]1COC(c2cccc(C(=Pc3c(C(C)(C)C)cc(C(C)(C)C)cc3C(C)(C)C)c3ccccc3)c2)=N1. The van der Waals surface area contributed by atoms with E-state index >= 15 is 0 Å². The van der Waals surface area contributed by atoms with Gasteiger partial charge in [0.05, 0.1) is 12.1 Å². The number of aliphatic imine (C=N–C) groups is 2. The van der Waals surface area contributed by atoms with Crippen LogP contribution in [0.15, 0.2) is 143 Å². The van der Waals surface area contributed by atoms with Crippen LogP contribution in [0.2, 0.25) is 0 Å². The smallest absolute Gasteiger partial charge is 0.216 e. The number of hydrogen-bond acceptors (Lipinski definition) is 4. The first-order chi connectivity index (χ1) is 37.1. The van der Waals surface area contributed by atoms with Gasteiger partial charge in [0.1, 0.15) is 13.2 Å². The van der Waals surface area contributed by atoms with Crippen LogP contribution in [-0.4, -0.2) is 47.7 Å². The molecule has 8 rings (SSSR count). The maximum absolute atomic E-state index is 6.08. The normalized spacial score (nSPS) is 16.8. The van der Waals surface area contributed by atoms with Gasteiger partial charge in [-0.15, -0.1) is 0 Å². The van der Waals surface area contributed by atoms with Crippen LogP contribution >= 0.6 is 16.4 Å². The van der Waals surface area contributed by atoms with E-state index in [2.05, 4.69) is 286 Å². The van der Waals surface area contributed by atoms with Crippen molar-refractivity contribution in [3.05, 3.63) is 200 Å². The first kappa shape index (κ1) is 62.2. The van der Waals surface area contributed by atoms with Crippen LogP contribution in [0.4, 0.5) is 0 Å². The van der Waals surface area contributed by atoms with Gasteiger partial charge in [0, 0.05) is 32.3 Å². The lowest BCUT2D eigenvalue weighted by Crippen LogP contribution is -2.30. The van der Waals surface area contributed by atoms with Crippen molar-refractivity contribution in [2.45, 2.75) is 197 Å². The maximum atomic E-state index is 6.08. The Balaban J connectivity index is 0.000000231. The van der Waals surface area contributed by atoms with E-state index in [0.29, 0.717) is 25.0 Å². The Kier molecular flexibility index (Phi) is 18.8. The molecule has 0 bridgehead atoms. The summed E-state index contributed by atoms with van der Waals surface area (Å²) in [5.74, 6) is 2.47.